The van der Waals surface area contributed by atoms with Gasteiger partial charge in [-0.1, -0.05) is 77.5 Å². The number of benzene rings is 2. The number of carbonyl (C=O) groups excluding carboxylic acids is 1. The van der Waals surface area contributed by atoms with Crippen molar-refractivity contribution in [1.82, 2.24) is 0 Å². The predicted molar refractivity (Wildman–Crippen MR) is 100 cm³/mol. The molecular formula is C21H18N2O4. The summed E-state index contributed by atoms with van der Waals surface area (Å²) in [7, 11) is 0. The van der Waals surface area contributed by atoms with Gasteiger partial charge in [0.2, 0.25) is 5.78 Å². The van der Waals surface area contributed by atoms with E-state index in [0.29, 0.717) is 11.1 Å². The summed E-state index contributed by atoms with van der Waals surface area (Å²) in [6.45, 7) is 1.85. The Morgan fingerprint density at radius 3 is 2.37 bits per heavy atom. The molecule has 2 aliphatic rings. The first-order chi connectivity index (χ1) is 13.0. The molecule has 136 valence electrons. The highest BCUT2D eigenvalue weighted by molar-refractivity contribution is 6.16. The molecule has 0 saturated heterocycles. The van der Waals surface area contributed by atoms with Crippen LogP contribution in [0.15, 0.2) is 77.5 Å². The van der Waals surface area contributed by atoms with E-state index >= 15 is 0 Å². The summed E-state index contributed by atoms with van der Waals surface area (Å²) in [5, 5.41) is 16.6. The summed E-state index contributed by atoms with van der Waals surface area (Å²) in [6.07, 6.45) is 1.99. The second kappa shape index (κ2) is 6.16. The first kappa shape index (κ1) is 17.1. The third kappa shape index (κ3) is 2.33. The van der Waals surface area contributed by atoms with E-state index in [9.17, 15) is 14.9 Å². The molecule has 4 rings (SSSR count). The molecule has 0 N–H and O–H groups in total. The molecule has 0 bridgehead atoms. The van der Waals surface area contributed by atoms with Gasteiger partial charge in [-0.05, 0) is 6.92 Å². The molecule has 27 heavy (non-hydrogen) atoms. The molecule has 0 unspecified atom stereocenters. The maximum Gasteiger partial charge on any atom is 0.320 e. The third-order valence-corrected chi connectivity index (χ3v) is 5.39. The van der Waals surface area contributed by atoms with E-state index in [-0.39, 0.29) is 18.6 Å². The lowest BCUT2D eigenvalue weighted by molar-refractivity contribution is -0.563. The van der Waals surface area contributed by atoms with Gasteiger partial charge in [0.15, 0.2) is 5.71 Å². The number of rotatable bonds is 4. The number of fused-ring (bicyclic) bond motifs is 1. The number of nitro groups is 1. The van der Waals surface area contributed by atoms with Gasteiger partial charge < -0.3 is 4.84 Å². The van der Waals surface area contributed by atoms with Gasteiger partial charge in [0.1, 0.15) is 0 Å². The minimum atomic E-state index is -1.76. The molecule has 0 amide bonds. The van der Waals surface area contributed by atoms with Gasteiger partial charge in [-0.15, -0.1) is 0 Å². The van der Waals surface area contributed by atoms with Gasteiger partial charge in [0.05, 0.1) is 0 Å². The molecule has 1 heterocycles. The molecule has 0 radical (unpaired) electrons. The topological polar surface area (TPSA) is 81.8 Å². The van der Waals surface area contributed by atoms with Crippen LogP contribution in [0.4, 0.5) is 0 Å². The van der Waals surface area contributed by atoms with Gasteiger partial charge in [-0.3, -0.25) is 14.9 Å². The molecule has 0 saturated carbocycles. The van der Waals surface area contributed by atoms with E-state index < -0.39 is 21.8 Å². The summed E-state index contributed by atoms with van der Waals surface area (Å²) in [6, 6.07) is 17.5. The monoisotopic (exact) mass is 362 g/mol. The maximum atomic E-state index is 13.5. The standard InChI is InChI=1S/C21H18N2O4/c1-15-12-13-20(23(25)26)18(16-8-4-2-5-9-16)22-27-21(20,14-15)19(24)17-10-6-3-7-11-17/h2-12H,13-14H2,1H3/t20-,21-/m0/s1. The maximum absolute atomic E-state index is 13.5. The molecule has 2 atom stereocenters. The van der Waals surface area contributed by atoms with Crippen LogP contribution < -0.4 is 0 Å². The second-order valence-electron chi connectivity index (χ2n) is 6.97. The molecule has 1 aliphatic heterocycles. The Hall–Kier alpha value is -3.28. The van der Waals surface area contributed by atoms with Crippen LogP contribution in [0.3, 0.4) is 0 Å². The van der Waals surface area contributed by atoms with Crippen LogP contribution in [0.2, 0.25) is 0 Å². The second-order valence-corrected chi connectivity index (χ2v) is 6.97. The average Bonchev–Trinajstić information content (AvgIpc) is 3.05. The number of carbonyl (C=O) groups is 1. The molecule has 2 aromatic carbocycles. The zero-order valence-electron chi connectivity index (χ0n) is 14.8. The van der Waals surface area contributed by atoms with Crippen molar-refractivity contribution in [3.05, 3.63) is 93.6 Å². The van der Waals surface area contributed by atoms with E-state index in [4.69, 9.17) is 4.84 Å². The van der Waals surface area contributed by atoms with Crippen molar-refractivity contribution in [2.75, 3.05) is 0 Å². The van der Waals surface area contributed by atoms with Crippen LogP contribution in [0.5, 0.6) is 0 Å². The normalized spacial score (nSPS) is 26.4. The van der Waals surface area contributed by atoms with Gasteiger partial charge in [0, 0.05) is 28.9 Å². The quantitative estimate of drug-likeness (QED) is 0.358. The number of Topliss-reactive ketones (excluding diaryl/α,β-unsaturated/α-hetero) is 1. The Kier molecular flexibility index (Phi) is 3.91. The van der Waals surface area contributed by atoms with Crippen molar-refractivity contribution < 1.29 is 14.6 Å². The van der Waals surface area contributed by atoms with Gasteiger partial charge in [-0.25, -0.2) is 0 Å². The summed E-state index contributed by atoms with van der Waals surface area (Å²) < 4.78 is 0. The highest BCUT2D eigenvalue weighted by Crippen LogP contribution is 2.49. The molecule has 1 aliphatic carbocycles. The van der Waals surface area contributed by atoms with E-state index in [1.165, 1.54) is 0 Å². The third-order valence-electron chi connectivity index (χ3n) is 5.39. The highest BCUT2D eigenvalue weighted by Gasteiger charge is 2.75. The fourth-order valence-corrected chi connectivity index (χ4v) is 4.02. The molecule has 2 aromatic rings. The van der Waals surface area contributed by atoms with Crippen LogP contribution in [-0.2, 0) is 4.84 Å². The summed E-state index contributed by atoms with van der Waals surface area (Å²) in [5.41, 5.74) is -1.42. The molecule has 0 fully saturated rings. The van der Waals surface area contributed by atoms with Crippen LogP contribution in [0, 0.1) is 10.1 Å². The van der Waals surface area contributed by atoms with Crippen LogP contribution in [0.1, 0.15) is 35.7 Å². The van der Waals surface area contributed by atoms with Crippen molar-refractivity contribution in [2.45, 2.75) is 30.9 Å². The largest absolute Gasteiger partial charge is 0.372 e. The van der Waals surface area contributed by atoms with E-state index in [1.807, 2.05) is 19.1 Å². The van der Waals surface area contributed by atoms with Crippen LogP contribution in [-0.4, -0.2) is 27.6 Å². The lowest BCUT2D eigenvalue weighted by atomic mass is 9.64. The number of hydrogen-bond donors (Lipinski definition) is 0. The van der Waals surface area contributed by atoms with Gasteiger partial charge in [0.25, 0.3) is 5.60 Å². The molecule has 0 spiro atoms. The van der Waals surface area contributed by atoms with Crippen LogP contribution in [0.25, 0.3) is 0 Å². The van der Waals surface area contributed by atoms with Crippen LogP contribution >= 0.6 is 0 Å². The fourth-order valence-electron chi connectivity index (χ4n) is 4.02. The van der Waals surface area contributed by atoms with E-state index in [2.05, 4.69) is 5.16 Å². The van der Waals surface area contributed by atoms with Crippen molar-refractivity contribution >= 4 is 11.5 Å². The zero-order valence-corrected chi connectivity index (χ0v) is 14.8. The lowest BCUT2D eigenvalue weighted by Gasteiger charge is -2.38. The summed E-state index contributed by atoms with van der Waals surface area (Å²) >= 11 is 0. The number of oxime groups is 1. The van der Waals surface area contributed by atoms with Crippen molar-refractivity contribution in [3.8, 4) is 0 Å². The first-order valence-electron chi connectivity index (χ1n) is 8.73. The minimum Gasteiger partial charge on any atom is -0.372 e. The number of hydrogen-bond acceptors (Lipinski definition) is 5. The fraction of sp³-hybridized carbons (Fsp3) is 0.238. The van der Waals surface area contributed by atoms with Gasteiger partial charge >= 0.3 is 5.54 Å². The Morgan fingerprint density at radius 1 is 1.11 bits per heavy atom. The predicted octanol–water partition coefficient (Wildman–Crippen LogP) is 3.80. The minimum absolute atomic E-state index is 0.0537. The first-order valence-corrected chi connectivity index (χ1v) is 8.73. The number of ketones is 1. The van der Waals surface area contributed by atoms with Crippen molar-refractivity contribution in [2.24, 2.45) is 5.16 Å². The summed E-state index contributed by atoms with van der Waals surface area (Å²) in [5.74, 6) is -0.415. The summed E-state index contributed by atoms with van der Waals surface area (Å²) in [4.78, 5) is 31.3. The zero-order chi connectivity index (χ0) is 19.1. The van der Waals surface area contributed by atoms with E-state index in [0.717, 1.165) is 5.57 Å². The highest BCUT2D eigenvalue weighted by atomic mass is 16.7. The lowest BCUT2D eigenvalue weighted by Crippen LogP contribution is -2.66. The Labute approximate surface area is 156 Å². The van der Waals surface area contributed by atoms with E-state index in [1.54, 1.807) is 54.6 Å². The smallest absolute Gasteiger partial charge is 0.320 e. The number of nitrogens with zero attached hydrogens (tertiary/aromatic N) is 2. The van der Waals surface area contributed by atoms with Crippen molar-refractivity contribution in [1.29, 1.82) is 0 Å². The molecule has 6 heteroatoms. The molecular weight excluding hydrogens is 344 g/mol. The Bertz CT molecular complexity index is 968. The molecule has 0 aromatic heterocycles. The van der Waals surface area contributed by atoms with Crippen molar-refractivity contribution in [3.63, 3.8) is 0 Å². The van der Waals surface area contributed by atoms with Gasteiger partial charge in [-0.2, -0.15) is 0 Å². The molecule has 6 nitrogen and oxygen atoms in total. The Balaban J connectivity index is 1.93. The average molecular weight is 362 g/mol. The SMILES string of the molecule is CC1=CC[C@]2([N+](=O)[O-])C(c3ccccc3)=NO[C@]2(C(=O)c2ccccc2)C1. The Morgan fingerprint density at radius 2 is 1.74 bits per heavy atom.